The molecular weight excluding hydrogens is 417 g/mol. The van der Waals surface area contributed by atoms with Crippen LogP contribution in [0.3, 0.4) is 0 Å². The fourth-order valence-corrected chi connectivity index (χ4v) is 3.89. The molecule has 4 rings (SSSR count). The van der Waals surface area contributed by atoms with E-state index in [4.69, 9.17) is 42.6 Å². The van der Waals surface area contributed by atoms with Gasteiger partial charge in [-0.2, -0.15) is 0 Å². The van der Waals surface area contributed by atoms with E-state index in [0.29, 0.717) is 21.5 Å². The summed E-state index contributed by atoms with van der Waals surface area (Å²) in [5.41, 5.74) is 2.84. The zero-order chi connectivity index (χ0) is 21.1. The van der Waals surface area contributed by atoms with Gasteiger partial charge in [-0.05, 0) is 30.2 Å². The molecule has 2 heterocycles. The van der Waals surface area contributed by atoms with Crippen molar-refractivity contribution in [3.63, 3.8) is 0 Å². The van der Waals surface area contributed by atoms with Gasteiger partial charge in [0.15, 0.2) is 11.5 Å². The van der Waals surface area contributed by atoms with E-state index in [-0.39, 0.29) is 0 Å². The number of carboxylic acid groups (broad SMARTS) is 1. The molecule has 0 radical (unpaired) electrons. The topological polar surface area (TPSA) is 84.8 Å². The first-order valence-electron chi connectivity index (χ1n) is 8.67. The van der Waals surface area contributed by atoms with E-state index in [1.807, 2.05) is 18.2 Å². The summed E-state index contributed by atoms with van der Waals surface area (Å²) in [6, 6.07) is 7.45. The highest BCUT2D eigenvalue weighted by Crippen LogP contribution is 2.43. The van der Waals surface area contributed by atoms with Crippen molar-refractivity contribution >= 4 is 51.6 Å². The zero-order valence-corrected chi connectivity index (χ0v) is 17.6. The van der Waals surface area contributed by atoms with Crippen molar-refractivity contribution in [3.8, 4) is 11.5 Å². The fourth-order valence-electron chi connectivity index (χ4n) is 3.25. The molecular formula is C20H19Cl2N3O4. The molecule has 0 aliphatic carbocycles. The molecule has 3 aromatic rings. The lowest BCUT2D eigenvalue weighted by molar-refractivity contribution is -0.134. The molecule has 0 saturated carbocycles. The smallest absolute Gasteiger partial charge is 0.300 e. The summed E-state index contributed by atoms with van der Waals surface area (Å²) in [5.74, 6) is 1.22. The highest BCUT2D eigenvalue weighted by atomic mass is 35.5. The van der Waals surface area contributed by atoms with Crippen LogP contribution in [0.15, 0.2) is 30.6 Å². The van der Waals surface area contributed by atoms with Crippen LogP contribution in [0.1, 0.15) is 12.5 Å². The highest BCUT2D eigenvalue weighted by Gasteiger charge is 2.26. The molecule has 1 aliphatic heterocycles. The number of methoxy groups -OCH3 is 2. The van der Waals surface area contributed by atoms with Gasteiger partial charge in [-0.1, -0.05) is 23.2 Å². The van der Waals surface area contributed by atoms with Gasteiger partial charge in [-0.3, -0.25) is 4.79 Å². The Labute approximate surface area is 177 Å². The number of hydrogen-bond acceptors (Lipinski definition) is 6. The number of ether oxygens (including phenoxy) is 2. The molecule has 0 saturated heterocycles. The molecule has 0 unspecified atom stereocenters. The van der Waals surface area contributed by atoms with Crippen LogP contribution in [0.4, 0.5) is 11.5 Å². The largest absolute Gasteiger partial charge is 0.493 e. The van der Waals surface area contributed by atoms with Crippen LogP contribution in [0, 0.1) is 0 Å². The van der Waals surface area contributed by atoms with E-state index >= 15 is 0 Å². The Bertz CT molecular complexity index is 1070. The Hall–Kier alpha value is -2.77. The minimum absolute atomic E-state index is 0.618. The first-order valence-corrected chi connectivity index (χ1v) is 9.43. The van der Waals surface area contributed by atoms with E-state index in [2.05, 4.69) is 14.9 Å². The lowest BCUT2D eigenvalue weighted by Crippen LogP contribution is -2.16. The molecule has 2 aromatic carbocycles. The molecule has 0 fully saturated rings. The summed E-state index contributed by atoms with van der Waals surface area (Å²) >= 11 is 12.6. The van der Waals surface area contributed by atoms with Gasteiger partial charge in [-0.25, -0.2) is 9.97 Å². The number of carbonyl (C=O) groups is 1. The number of rotatable bonds is 3. The van der Waals surface area contributed by atoms with Gasteiger partial charge in [0.1, 0.15) is 12.1 Å². The van der Waals surface area contributed by atoms with E-state index in [1.54, 1.807) is 26.6 Å². The standard InChI is InChI=1S/C18H15Cl2N3O2.C2H4O2/c1-24-15-7-12-14(8-16(15)25-2)21-9-22-18(12)23-4-3-10-5-11(19)6-13(20)17(10)23;1-2(3)4/h5-9H,3-4H2,1-2H3;1H3,(H,3,4). The number of nitrogens with zero attached hydrogens (tertiary/aromatic N) is 3. The quantitative estimate of drug-likeness (QED) is 0.635. The Kier molecular flexibility index (Phi) is 6.30. The zero-order valence-electron chi connectivity index (χ0n) is 16.1. The minimum Gasteiger partial charge on any atom is -0.493 e. The van der Waals surface area contributed by atoms with E-state index in [9.17, 15) is 0 Å². The van der Waals surface area contributed by atoms with Crippen LogP contribution >= 0.6 is 23.2 Å². The van der Waals surface area contributed by atoms with Gasteiger partial charge >= 0.3 is 0 Å². The Morgan fingerprint density at radius 1 is 1.10 bits per heavy atom. The Balaban J connectivity index is 0.000000552. The van der Waals surface area contributed by atoms with Crippen LogP contribution in [-0.4, -0.2) is 41.8 Å². The van der Waals surface area contributed by atoms with E-state index < -0.39 is 5.97 Å². The summed E-state index contributed by atoms with van der Waals surface area (Å²) in [6.07, 6.45) is 2.40. The number of hydrogen-bond donors (Lipinski definition) is 1. The Morgan fingerprint density at radius 3 is 2.41 bits per heavy atom. The molecule has 0 atom stereocenters. The third-order valence-corrected chi connectivity index (χ3v) is 4.86. The van der Waals surface area contributed by atoms with Crippen molar-refractivity contribution in [2.45, 2.75) is 13.3 Å². The molecule has 0 bridgehead atoms. The van der Waals surface area contributed by atoms with Crippen LogP contribution in [-0.2, 0) is 11.2 Å². The molecule has 29 heavy (non-hydrogen) atoms. The van der Waals surface area contributed by atoms with Crippen LogP contribution in [0.2, 0.25) is 10.0 Å². The third kappa shape index (κ3) is 4.31. The van der Waals surface area contributed by atoms with Gasteiger partial charge in [0.2, 0.25) is 0 Å². The normalized spacial score (nSPS) is 12.2. The SMILES string of the molecule is CC(=O)O.COc1cc2ncnc(N3CCc4cc(Cl)cc(Cl)c43)c2cc1OC. The second kappa shape index (κ2) is 8.71. The summed E-state index contributed by atoms with van der Waals surface area (Å²) in [5, 5.41) is 9.55. The number of carboxylic acids is 1. The van der Waals surface area contributed by atoms with Gasteiger partial charge in [0.05, 0.1) is 30.4 Å². The maximum atomic E-state index is 9.00. The number of benzene rings is 2. The van der Waals surface area contributed by atoms with Crippen LogP contribution in [0.25, 0.3) is 10.9 Å². The number of fused-ring (bicyclic) bond motifs is 2. The third-order valence-electron chi connectivity index (χ3n) is 4.36. The molecule has 7 nitrogen and oxygen atoms in total. The maximum absolute atomic E-state index is 9.00. The van der Waals surface area contributed by atoms with Gasteiger partial charge in [0, 0.05) is 29.9 Å². The number of aromatic nitrogens is 2. The molecule has 152 valence electrons. The van der Waals surface area contributed by atoms with Crippen LogP contribution in [0.5, 0.6) is 11.5 Å². The first kappa shape index (κ1) is 21.0. The molecule has 1 aliphatic rings. The average molecular weight is 436 g/mol. The predicted octanol–water partition coefficient (Wildman–Crippen LogP) is 4.74. The summed E-state index contributed by atoms with van der Waals surface area (Å²) in [4.78, 5) is 20.0. The first-order chi connectivity index (χ1) is 13.8. The van der Waals surface area contributed by atoms with Gasteiger partial charge in [0.25, 0.3) is 5.97 Å². The molecule has 9 heteroatoms. The van der Waals surface area contributed by atoms with Crippen molar-refractivity contribution in [1.29, 1.82) is 0 Å². The average Bonchev–Trinajstić information content (AvgIpc) is 3.09. The summed E-state index contributed by atoms with van der Waals surface area (Å²) in [7, 11) is 3.21. The van der Waals surface area contributed by atoms with Gasteiger partial charge < -0.3 is 19.5 Å². The second-order valence-electron chi connectivity index (χ2n) is 6.24. The fraction of sp³-hybridized carbons (Fsp3) is 0.250. The van der Waals surface area contributed by atoms with E-state index in [0.717, 1.165) is 47.9 Å². The lowest BCUT2D eigenvalue weighted by Gasteiger charge is -2.21. The number of aliphatic carboxylic acids is 1. The van der Waals surface area contributed by atoms with Gasteiger partial charge in [-0.15, -0.1) is 0 Å². The Morgan fingerprint density at radius 2 is 1.76 bits per heavy atom. The van der Waals surface area contributed by atoms with Crippen molar-refractivity contribution in [2.75, 3.05) is 25.7 Å². The summed E-state index contributed by atoms with van der Waals surface area (Å²) < 4.78 is 10.8. The van der Waals surface area contributed by atoms with Crippen molar-refractivity contribution in [2.24, 2.45) is 0 Å². The molecule has 0 spiro atoms. The monoisotopic (exact) mass is 435 g/mol. The van der Waals surface area contributed by atoms with E-state index in [1.165, 1.54) is 0 Å². The maximum Gasteiger partial charge on any atom is 0.300 e. The molecule has 1 N–H and O–H groups in total. The second-order valence-corrected chi connectivity index (χ2v) is 7.08. The van der Waals surface area contributed by atoms with Crippen LogP contribution < -0.4 is 14.4 Å². The predicted molar refractivity (Wildman–Crippen MR) is 113 cm³/mol. The van der Waals surface area contributed by atoms with Crippen molar-refractivity contribution in [1.82, 2.24) is 9.97 Å². The van der Waals surface area contributed by atoms with Crippen molar-refractivity contribution in [3.05, 3.63) is 46.2 Å². The summed E-state index contributed by atoms with van der Waals surface area (Å²) in [6.45, 7) is 1.86. The molecule has 0 amide bonds. The van der Waals surface area contributed by atoms with Crippen molar-refractivity contribution < 1.29 is 19.4 Å². The lowest BCUT2D eigenvalue weighted by atomic mass is 10.1. The number of halogens is 2. The highest BCUT2D eigenvalue weighted by molar-refractivity contribution is 6.37. The molecule has 1 aromatic heterocycles. The minimum atomic E-state index is -0.833. The number of anilines is 2.